The van der Waals surface area contributed by atoms with Crippen LogP contribution >= 0.6 is 0 Å². The molecule has 0 radical (unpaired) electrons. The van der Waals surface area contributed by atoms with E-state index in [1.165, 1.54) is 0 Å². The van der Waals surface area contributed by atoms with Gasteiger partial charge in [0.25, 0.3) is 0 Å². The minimum atomic E-state index is -0.718. The summed E-state index contributed by atoms with van der Waals surface area (Å²) in [5.41, 5.74) is 1.94. The average Bonchev–Trinajstić information content (AvgIpc) is 2.26. The van der Waals surface area contributed by atoms with E-state index in [1.807, 2.05) is 6.92 Å². The van der Waals surface area contributed by atoms with Crippen LogP contribution in [-0.4, -0.2) is 32.2 Å². The summed E-state index contributed by atoms with van der Waals surface area (Å²) in [5.74, 6) is 0.736. The van der Waals surface area contributed by atoms with E-state index in [4.69, 9.17) is 0 Å². The van der Waals surface area contributed by atoms with Gasteiger partial charge in [-0.3, -0.25) is 14.2 Å². The summed E-state index contributed by atoms with van der Waals surface area (Å²) in [4.78, 5) is 8.57. The Hall–Kier alpha value is -0.810. The lowest BCUT2D eigenvalue weighted by Gasteiger charge is -2.20. The third kappa shape index (κ3) is 4.91. The van der Waals surface area contributed by atoms with E-state index in [0.717, 1.165) is 23.6 Å². The van der Waals surface area contributed by atoms with Gasteiger partial charge in [-0.2, -0.15) is 0 Å². The Morgan fingerprint density at radius 2 is 2.00 bits per heavy atom. The van der Waals surface area contributed by atoms with Gasteiger partial charge in [-0.05, 0) is 27.2 Å². The van der Waals surface area contributed by atoms with Crippen molar-refractivity contribution in [2.75, 3.05) is 12.0 Å². The summed E-state index contributed by atoms with van der Waals surface area (Å²) >= 11 is 0. The third-order valence-electron chi connectivity index (χ3n) is 2.70. The zero-order valence-electron chi connectivity index (χ0n) is 10.9. The normalized spacial score (nSPS) is 16.5. The fraction of sp³-hybridized carbons (Fsp3) is 0.667. The van der Waals surface area contributed by atoms with Gasteiger partial charge < -0.3 is 5.32 Å². The lowest BCUT2D eigenvalue weighted by molar-refractivity contribution is 0.461. The molecule has 0 bridgehead atoms. The van der Waals surface area contributed by atoms with Crippen LogP contribution in [0.2, 0.25) is 0 Å². The number of rotatable bonds is 6. The molecule has 5 heteroatoms. The molecule has 1 heterocycles. The van der Waals surface area contributed by atoms with Gasteiger partial charge in [0.2, 0.25) is 0 Å². The van der Waals surface area contributed by atoms with Crippen LogP contribution in [0.1, 0.15) is 37.7 Å². The fourth-order valence-electron chi connectivity index (χ4n) is 1.78. The van der Waals surface area contributed by atoms with Gasteiger partial charge in [0.15, 0.2) is 0 Å². The van der Waals surface area contributed by atoms with Crippen molar-refractivity contribution in [3.8, 4) is 0 Å². The molecule has 17 heavy (non-hydrogen) atoms. The van der Waals surface area contributed by atoms with Gasteiger partial charge >= 0.3 is 0 Å². The van der Waals surface area contributed by atoms with E-state index in [9.17, 15) is 4.21 Å². The van der Waals surface area contributed by atoms with Crippen LogP contribution in [0.4, 0.5) is 0 Å². The molecule has 0 saturated heterocycles. The maximum absolute atomic E-state index is 11.0. The van der Waals surface area contributed by atoms with E-state index in [-0.39, 0.29) is 6.04 Å². The van der Waals surface area contributed by atoms with E-state index < -0.39 is 10.8 Å². The molecule has 0 aliphatic rings. The molecule has 0 saturated carbocycles. The largest absolute Gasteiger partial charge is 0.306 e. The number of hydrogen-bond acceptors (Lipinski definition) is 4. The lowest BCUT2D eigenvalue weighted by atomic mass is 10.1. The minimum Gasteiger partial charge on any atom is -0.306 e. The topological polar surface area (TPSA) is 54.9 Å². The molecular weight excluding hydrogens is 234 g/mol. The Morgan fingerprint density at radius 3 is 2.59 bits per heavy atom. The molecule has 3 unspecified atom stereocenters. The van der Waals surface area contributed by atoms with Crippen LogP contribution in [0.5, 0.6) is 0 Å². The zero-order valence-corrected chi connectivity index (χ0v) is 11.8. The third-order valence-corrected chi connectivity index (χ3v) is 3.51. The first-order valence-electron chi connectivity index (χ1n) is 5.84. The van der Waals surface area contributed by atoms with Gasteiger partial charge in [0.05, 0.1) is 11.4 Å². The Labute approximate surface area is 106 Å². The molecule has 1 aromatic heterocycles. The highest BCUT2D eigenvalue weighted by atomic mass is 32.2. The van der Waals surface area contributed by atoms with Crippen LogP contribution < -0.4 is 5.32 Å². The quantitative estimate of drug-likeness (QED) is 0.839. The van der Waals surface area contributed by atoms with Crippen molar-refractivity contribution in [3.05, 3.63) is 23.8 Å². The van der Waals surface area contributed by atoms with Crippen molar-refractivity contribution in [3.63, 3.8) is 0 Å². The maximum Gasteiger partial charge on any atom is 0.0782 e. The molecule has 96 valence electrons. The molecule has 1 N–H and O–H groups in total. The molecule has 0 fully saturated rings. The molecule has 0 aromatic carbocycles. The van der Waals surface area contributed by atoms with Gasteiger partial charge in [-0.1, -0.05) is 0 Å². The number of nitrogens with one attached hydrogen (secondary N) is 1. The minimum absolute atomic E-state index is 0.170. The summed E-state index contributed by atoms with van der Waals surface area (Å²) in [5, 5.41) is 3.46. The summed E-state index contributed by atoms with van der Waals surface area (Å²) in [7, 11) is -0.718. The first-order valence-corrected chi connectivity index (χ1v) is 7.57. The number of aromatic nitrogens is 2. The van der Waals surface area contributed by atoms with Gasteiger partial charge in [0.1, 0.15) is 0 Å². The van der Waals surface area contributed by atoms with Crippen molar-refractivity contribution in [1.82, 2.24) is 15.3 Å². The standard InChI is InChI=1S/C12H21N3OS/c1-9(5-8-17(4)16)15-11(3)12-10(2)13-6-7-14-12/h6-7,9,11,15H,5,8H2,1-4H3. The first kappa shape index (κ1) is 14.3. The molecule has 0 amide bonds. The number of nitrogens with zero attached hydrogens (tertiary/aromatic N) is 2. The summed E-state index contributed by atoms with van der Waals surface area (Å²) in [6.45, 7) is 6.15. The van der Waals surface area contributed by atoms with Crippen molar-refractivity contribution >= 4 is 10.8 Å². The Kier molecular flexibility index (Phi) is 5.71. The highest BCUT2D eigenvalue weighted by Gasteiger charge is 2.13. The molecule has 3 atom stereocenters. The van der Waals surface area contributed by atoms with E-state index in [2.05, 4.69) is 29.1 Å². The van der Waals surface area contributed by atoms with Crippen LogP contribution in [0, 0.1) is 6.92 Å². The molecule has 0 spiro atoms. The van der Waals surface area contributed by atoms with Crippen LogP contribution in [0.15, 0.2) is 12.4 Å². The van der Waals surface area contributed by atoms with E-state index in [1.54, 1.807) is 18.6 Å². The Bertz CT molecular complexity index is 384. The van der Waals surface area contributed by atoms with Crippen LogP contribution in [0.25, 0.3) is 0 Å². The molecule has 1 aromatic rings. The van der Waals surface area contributed by atoms with Crippen molar-refractivity contribution < 1.29 is 4.21 Å². The molecule has 0 aliphatic carbocycles. The number of hydrogen-bond donors (Lipinski definition) is 1. The number of aryl methyl sites for hydroxylation is 1. The lowest BCUT2D eigenvalue weighted by Crippen LogP contribution is -2.31. The summed E-state index contributed by atoms with van der Waals surface area (Å²) in [6, 6.07) is 0.499. The fourth-order valence-corrected chi connectivity index (χ4v) is 2.46. The summed E-state index contributed by atoms with van der Waals surface area (Å²) < 4.78 is 11.0. The highest BCUT2D eigenvalue weighted by molar-refractivity contribution is 7.84. The SMILES string of the molecule is Cc1nccnc1C(C)NC(C)CCS(C)=O. The average molecular weight is 255 g/mol. The van der Waals surface area contributed by atoms with Gasteiger partial charge in [-0.15, -0.1) is 0 Å². The molecular formula is C12H21N3OS. The molecule has 0 aliphatic heterocycles. The molecule has 4 nitrogen and oxygen atoms in total. The van der Waals surface area contributed by atoms with Crippen molar-refractivity contribution in [1.29, 1.82) is 0 Å². The first-order chi connectivity index (χ1) is 8.00. The van der Waals surface area contributed by atoms with Crippen LogP contribution in [-0.2, 0) is 10.8 Å². The Morgan fingerprint density at radius 1 is 1.35 bits per heavy atom. The molecule has 1 rings (SSSR count). The van der Waals surface area contributed by atoms with Crippen molar-refractivity contribution in [2.45, 2.75) is 39.3 Å². The zero-order chi connectivity index (χ0) is 12.8. The monoisotopic (exact) mass is 255 g/mol. The van der Waals surface area contributed by atoms with Gasteiger partial charge in [0, 0.05) is 47.3 Å². The Balaban J connectivity index is 2.51. The van der Waals surface area contributed by atoms with Gasteiger partial charge in [-0.25, -0.2) is 0 Å². The maximum atomic E-state index is 11.0. The highest BCUT2D eigenvalue weighted by Crippen LogP contribution is 2.13. The van der Waals surface area contributed by atoms with Crippen LogP contribution in [0.3, 0.4) is 0 Å². The van der Waals surface area contributed by atoms with Crippen molar-refractivity contribution in [2.24, 2.45) is 0 Å². The van der Waals surface area contributed by atoms with E-state index in [0.29, 0.717) is 6.04 Å². The van der Waals surface area contributed by atoms with E-state index >= 15 is 0 Å². The predicted octanol–water partition coefficient (Wildman–Crippen LogP) is 1.59. The second kappa shape index (κ2) is 6.81. The second-order valence-electron chi connectivity index (χ2n) is 4.38. The predicted molar refractivity (Wildman–Crippen MR) is 71.3 cm³/mol. The second-order valence-corrected chi connectivity index (χ2v) is 5.94. The summed E-state index contributed by atoms with van der Waals surface area (Å²) in [6.07, 6.45) is 6.07. The smallest absolute Gasteiger partial charge is 0.0782 e.